The normalized spacial score (nSPS) is 16.6. The standard InChI is InChI=1S/C24H23N5O2/c1-31-18-5-7-21-20(14-18)26-24(22-3-2-10-29(21)22)8-11-28(12-9-24)23(30)16-4-6-19-17(13-16)15-25-27-19/h2-7,10,13-15,26H,8-9,11-12H2,1H3,(H,25,27). The Hall–Kier alpha value is -3.74. The number of aromatic nitrogens is 3. The molecule has 6 rings (SSSR count). The van der Waals surface area contributed by atoms with Crippen molar-refractivity contribution in [3.8, 4) is 11.4 Å². The second-order valence-corrected chi connectivity index (χ2v) is 8.32. The third kappa shape index (κ3) is 2.73. The van der Waals surface area contributed by atoms with Gasteiger partial charge in [-0.1, -0.05) is 0 Å². The maximum Gasteiger partial charge on any atom is 0.253 e. The minimum absolute atomic E-state index is 0.0752. The highest BCUT2D eigenvalue weighted by atomic mass is 16.5. The van der Waals surface area contributed by atoms with E-state index in [2.05, 4.69) is 50.5 Å². The van der Waals surface area contributed by atoms with Gasteiger partial charge in [0.25, 0.3) is 5.91 Å². The first-order valence-electron chi connectivity index (χ1n) is 10.5. The Morgan fingerprint density at radius 3 is 2.84 bits per heavy atom. The van der Waals surface area contributed by atoms with Crippen LogP contribution in [0.2, 0.25) is 0 Å². The highest BCUT2D eigenvalue weighted by Crippen LogP contribution is 2.44. The van der Waals surface area contributed by atoms with E-state index in [1.54, 1.807) is 13.3 Å². The third-order valence-electron chi connectivity index (χ3n) is 6.67. The number of benzene rings is 2. The Morgan fingerprint density at radius 1 is 1.13 bits per heavy atom. The van der Waals surface area contributed by atoms with E-state index >= 15 is 0 Å². The van der Waals surface area contributed by atoms with Crippen LogP contribution >= 0.6 is 0 Å². The molecule has 0 atom stereocenters. The molecule has 2 aliphatic heterocycles. The van der Waals surface area contributed by atoms with Gasteiger partial charge >= 0.3 is 0 Å². The number of aromatic amines is 1. The Bertz CT molecular complexity index is 1300. The van der Waals surface area contributed by atoms with E-state index in [4.69, 9.17) is 4.74 Å². The van der Waals surface area contributed by atoms with Crippen molar-refractivity contribution in [3.63, 3.8) is 0 Å². The summed E-state index contributed by atoms with van der Waals surface area (Å²) >= 11 is 0. The van der Waals surface area contributed by atoms with E-state index in [1.807, 2.05) is 29.2 Å². The molecule has 7 heteroatoms. The zero-order chi connectivity index (χ0) is 21.0. The number of hydrogen-bond donors (Lipinski definition) is 2. The minimum Gasteiger partial charge on any atom is -0.497 e. The number of amides is 1. The van der Waals surface area contributed by atoms with Crippen molar-refractivity contribution >= 4 is 22.5 Å². The van der Waals surface area contributed by atoms with Gasteiger partial charge in [0.2, 0.25) is 0 Å². The number of nitrogens with one attached hydrogen (secondary N) is 2. The molecule has 0 radical (unpaired) electrons. The average molecular weight is 413 g/mol. The Morgan fingerprint density at radius 2 is 2.00 bits per heavy atom. The van der Waals surface area contributed by atoms with Crippen LogP contribution in [0.4, 0.5) is 5.69 Å². The fourth-order valence-corrected chi connectivity index (χ4v) is 4.99. The largest absolute Gasteiger partial charge is 0.497 e. The molecule has 4 heterocycles. The fourth-order valence-electron chi connectivity index (χ4n) is 4.99. The predicted molar refractivity (Wildman–Crippen MR) is 119 cm³/mol. The molecule has 2 aromatic heterocycles. The molecule has 7 nitrogen and oxygen atoms in total. The molecule has 2 aromatic carbocycles. The predicted octanol–water partition coefficient (Wildman–Crippen LogP) is 3.92. The Balaban J connectivity index is 1.28. The SMILES string of the molecule is COc1ccc2c(c1)NC1(CCN(C(=O)c3ccc4[nH]ncc4c3)CC1)c1cccn1-2. The number of methoxy groups -OCH3 is 1. The monoisotopic (exact) mass is 413 g/mol. The molecule has 0 saturated carbocycles. The first kappa shape index (κ1) is 18.1. The smallest absolute Gasteiger partial charge is 0.253 e. The van der Waals surface area contributed by atoms with Crippen LogP contribution in [0.15, 0.2) is 60.9 Å². The van der Waals surface area contributed by atoms with Gasteiger partial charge < -0.3 is 19.5 Å². The molecule has 156 valence electrons. The van der Waals surface area contributed by atoms with Gasteiger partial charge in [-0.25, -0.2) is 0 Å². The summed E-state index contributed by atoms with van der Waals surface area (Å²) in [5.74, 6) is 0.908. The van der Waals surface area contributed by atoms with Crippen molar-refractivity contribution in [2.75, 3.05) is 25.5 Å². The number of piperidine rings is 1. The molecule has 0 bridgehead atoms. The lowest BCUT2D eigenvalue weighted by Crippen LogP contribution is -2.51. The number of carbonyl (C=O) groups excluding carboxylic acids is 1. The Labute approximate surface area is 179 Å². The molecule has 0 aliphatic carbocycles. The van der Waals surface area contributed by atoms with Gasteiger partial charge in [-0.05, 0) is 55.3 Å². The lowest BCUT2D eigenvalue weighted by molar-refractivity contribution is 0.0676. The van der Waals surface area contributed by atoms with Crippen LogP contribution in [0, 0.1) is 0 Å². The molecule has 1 fully saturated rings. The number of fused-ring (bicyclic) bond motifs is 5. The highest BCUT2D eigenvalue weighted by molar-refractivity contribution is 5.98. The summed E-state index contributed by atoms with van der Waals surface area (Å²) in [6.07, 6.45) is 5.55. The summed E-state index contributed by atoms with van der Waals surface area (Å²) in [7, 11) is 1.69. The van der Waals surface area contributed by atoms with E-state index in [0.717, 1.165) is 40.9 Å². The van der Waals surface area contributed by atoms with Crippen LogP contribution in [0.25, 0.3) is 16.6 Å². The number of H-pyrrole nitrogens is 1. The maximum absolute atomic E-state index is 13.2. The van der Waals surface area contributed by atoms with Crippen molar-refractivity contribution in [2.45, 2.75) is 18.4 Å². The number of carbonyl (C=O) groups is 1. The van der Waals surface area contributed by atoms with E-state index in [0.29, 0.717) is 18.7 Å². The van der Waals surface area contributed by atoms with E-state index in [1.165, 1.54) is 5.69 Å². The second-order valence-electron chi connectivity index (χ2n) is 8.32. The number of anilines is 1. The second kappa shape index (κ2) is 6.63. The average Bonchev–Trinajstić information content (AvgIpc) is 3.48. The third-order valence-corrected chi connectivity index (χ3v) is 6.67. The number of nitrogens with zero attached hydrogens (tertiary/aromatic N) is 3. The van der Waals surface area contributed by atoms with Crippen LogP contribution in [0.3, 0.4) is 0 Å². The lowest BCUT2D eigenvalue weighted by Gasteiger charge is -2.46. The van der Waals surface area contributed by atoms with Gasteiger partial charge in [0.1, 0.15) is 5.75 Å². The fraction of sp³-hybridized carbons (Fsp3) is 0.250. The van der Waals surface area contributed by atoms with Crippen molar-refractivity contribution in [1.29, 1.82) is 0 Å². The molecular formula is C24H23N5O2. The minimum atomic E-state index is -0.200. The molecule has 2 N–H and O–H groups in total. The molecule has 2 aliphatic rings. The van der Waals surface area contributed by atoms with Crippen LogP contribution in [0.1, 0.15) is 28.9 Å². The van der Waals surface area contributed by atoms with Gasteiger partial charge in [0.05, 0.1) is 35.7 Å². The summed E-state index contributed by atoms with van der Waals surface area (Å²) in [5.41, 5.74) is 4.88. The first-order valence-corrected chi connectivity index (χ1v) is 10.5. The number of ether oxygens (including phenoxy) is 1. The van der Waals surface area contributed by atoms with Gasteiger partial charge in [-0.15, -0.1) is 0 Å². The van der Waals surface area contributed by atoms with Crippen LogP contribution < -0.4 is 10.1 Å². The van der Waals surface area contributed by atoms with Crippen LogP contribution in [-0.2, 0) is 5.54 Å². The zero-order valence-corrected chi connectivity index (χ0v) is 17.3. The van der Waals surface area contributed by atoms with Crippen molar-refractivity contribution in [1.82, 2.24) is 19.7 Å². The van der Waals surface area contributed by atoms with Gasteiger partial charge in [0.15, 0.2) is 0 Å². The van der Waals surface area contributed by atoms with Crippen LogP contribution in [0.5, 0.6) is 5.75 Å². The lowest BCUT2D eigenvalue weighted by atomic mass is 9.82. The summed E-state index contributed by atoms with van der Waals surface area (Å²) in [6, 6.07) is 16.1. The summed E-state index contributed by atoms with van der Waals surface area (Å²) < 4.78 is 7.70. The Kier molecular flexibility index (Phi) is 3.86. The van der Waals surface area contributed by atoms with E-state index < -0.39 is 0 Å². The molecular weight excluding hydrogens is 390 g/mol. The van der Waals surface area contributed by atoms with Gasteiger partial charge in [-0.3, -0.25) is 9.89 Å². The van der Waals surface area contributed by atoms with Crippen molar-refractivity contribution in [2.24, 2.45) is 0 Å². The summed E-state index contributed by atoms with van der Waals surface area (Å²) in [6.45, 7) is 1.39. The topological polar surface area (TPSA) is 75.2 Å². The van der Waals surface area contributed by atoms with Gasteiger partial charge in [0, 0.05) is 42.0 Å². The first-order chi connectivity index (χ1) is 15.2. The highest BCUT2D eigenvalue weighted by Gasteiger charge is 2.42. The number of rotatable bonds is 2. The van der Waals surface area contributed by atoms with E-state index in [-0.39, 0.29) is 11.4 Å². The van der Waals surface area contributed by atoms with Crippen molar-refractivity contribution in [3.05, 3.63) is 72.2 Å². The van der Waals surface area contributed by atoms with Crippen molar-refractivity contribution < 1.29 is 9.53 Å². The van der Waals surface area contributed by atoms with E-state index in [9.17, 15) is 4.79 Å². The number of hydrogen-bond acceptors (Lipinski definition) is 4. The molecule has 1 spiro atoms. The zero-order valence-electron chi connectivity index (χ0n) is 17.3. The molecule has 31 heavy (non-hydrogen) atoms. The molecule has 1 saturated heterocycles. The maximum atomic E-state index is 13.2. The number of likely N-dealkylation sites (tertiary alicyclic amines) is 1. The van der Waals surface area contributed by atoms with Gasteiger partial charge in [-0.2, -0.15) is 5.10 Å². The summed E-state index contributed by atoms with van der Waals surface area (Å²) in [5, 5.41) is 11.7. The van der Waals surface area contributed by atoms with Crippen LogP contribution in [-0.4, -0.2) is 45.8 Å². The quantitative estimate of drug-likeness (QED) is 0.522. The molecule has 1 amide bonds. The molecule has 4 aromatic rings. The summed E-state index contributed by atoms with van der Waals surface area (Å²) in [4.78, 5) is 15.1. The molecule has 0 unspecified atom stereocenters.